The Hall–Kier alpha value is -1.93. The number of nitrogens with zero attached hydrogens (tertiary/aromatic N) is 1. The van der Waals surface area contributed by atoms with E-state index in [1.165, 1.54) is 12.1 Å². The van der Waals surface area contributed by atoms with Gasteiger partial charge in [0.15, 0.2) is 0 Å². The number of benzene rings is 2. The minimum atomic E-state index is -3.79. The van der Waals surface area contributed by atoms with Crippen molar-refractivity contribution < 1.29 is 13.3 Å². The molecule has 0 aromatic heterocycles. The molecule has 0 saturated carbocycles. The van der Waals surface area contributed by atoms with Crippen molar-refractivity contribution in [3.05, 3.63) is 62.6 Å². The van der Waals surface area contributed by atoms with E-state index < -0.39 is 14.9 Å². The summed E-state index contributed by atoms with van der Waals surface area (Å²) in [7, 11) is -3.79. The predicted molar refractivity (Wildman–Crippen MR) is 82.8 cm³/mol. The largest absolute Gasteiger partial charge is 0.279 e. The van der Waals surface area contributed by atoms with Gasteiger partial charge in [-0.1, -0.05) is 22.0 Å². The maximum Gasteiger partial charge on any atom is 0.269 e. The second-order valence-electron chi connectivity index (χ2n) is 4.32. The Bertz CT molecular complexity index is 788. The van der Waals surface area contributed by atoms with Gasteiger partial charge in [0.2, 0.25) is 0 Å². The van der Waals surface area contributed by atoms with Crippen LogP contribution < -0.4 is 4.72 Å². The topological polar surface area (TPSA) is 89.3 Å². The molecule has 8 heteroatoms. The molecule has 21 heavy (non-hydrogen) atoms. The SMILES string of the molecule is Cc1ccc(Br)cc1NS(=O)(=O)c1ccc([N+](=O)[O-])cc1. The van der Waals surface area contributed by atoms with Crippen molar-refractivity contribution in [3.63, 3.8) is 0 Å². The molecule has 0 heterocycles. The highest BCUT2D eigenvalue weighted by Gasteiger charge is 2.17. The van der Waals surface area contributed by atoms with Gasteiger partial charge in [-0.05, 0) is 36.8 Å². The Labute approximate surface area is 130 Å². The van der Waals surface area contributed by atoms with E-state index in [1.807, 2.05) is 0 Å². The van der Waals surface area contributed by atoms with Crippen LogP contribution in [-0.2, 0) is 10.0 Å². The molecule has 2 rings (SSSR count). The summed E-state index contributed by atoms with van der Waals surface area (Å²) in [5, 5.41) is 10.6. The summed E-state index contributed by atoms with van der Waals surface area (Å²) in [5.41, 5.74) is 1.05. The van der Waals surface area contributed by atoms with Crippen LogP contribution in [0.2, 0.25) is 0 Å². The third kappa shape index (κ3) is 3.59. The fourth-order valence-corrected chi connectivity index (χ4v) is 3.14. The zero-order valence-corrected chi connectivity index (χ0v) is 13.3. The highest BCUT2D eigenvalue weighted by atomic mass is 79.9. The summed E-state index contributed by atoms with van der Waals surface area (Å²) >= 11 is 3.28. The third-order valence-corrected chi connectivity index (χ3v) is 4.68. The maximum atomic E-state index is 12.2. The molecule has 0 bridgehead atoms. The molecular weight excluding hydrogens is 360 g/mol. The van der Waals surface area contributed by atoms with Gasteiger partial charge in [0, 0.05) is 16.6 Å². The maximum absolute atomic E-state index is 12.2. The number of nitrogens with one attached hydrogen (secondary N) is 1. The van der Waals surface area contributed by atoms with Crippen molar-refractivity contribution in [2.45, 2.75) is 11.8 Å². The summed E-state index contributed by atoms with van der Waals surface area (Å²) in [6.45, 7) is 1.78. The number of aryl methyl sites for hydroxylation is 1. The Balaban J connectivity index is 2.34. The van der Waals surface area contributed by atoms with Crippen molar-refractivity contribution in [3.8, 4) is 0 Å². The van der Waals surface area contributed by atoms with Gasteiger partial charge in [0.25, 0.3) is 15.7 Å². The molecule has 2 aromatic rings. The van der Waals surface area contributed by atoms with Crippen LogP contribution >= 0.6 is 15.9 Å². The van der Waals surface area contributed by atoms with Crippen molar-refractivity contribution in [2.24, 2.45) is 0 Å². The van der Waals surface area contributed by atoms with Gasteiger partial charge < -0.3 is 0 Å². The fourth-order valence-electron chi connectivity index (χ4n) is 1.65. The van der Waals surface area contributed by atoms with Crippen molar-refractivity contribution in [2.75, 3.05) is 4.72 Å². The van der Waals surface area contributed by atoms with Crippen LogP contribution in [0.3, 0.4) is 0 Å². The van der Waals surface area contributed by atoms with E-state index in [9.17, 15) is 18.5 Å². The molecular formula is C13H11BrN2O4S. The minimum absolute atomic E-state index is 0.0347. The molecule has 0 unspecified atom stereocenters. The molecule has 0 radical (unpaired) electrons. The van der Waals surface area contributed by atoms with Gasteiger partial charge in [-0.3, -0.25) is 14.8 Å². The first-order valence-corrected chi connectivity index (χ1v) is 8.10. The summed E-state index contributed by atoms with van der Waals surface area (Å²) in [5.74, 6) is 0. The average Bonchev–Trinajstić information content (AvgIpc) is 2.43. The number of nitro benzene ring substituents is 1. The summed E-state index contributed by atoms with van der Waals surface area (Å²) in [6, 6.07) is 9.95. The Kier molecular flexibility index (Phi) is 4.29. The van der Waals surface area contributed by atoms with E-state index in [-0.39, 0.29) is 10.6 Å². The zero-order chi connectivity index (χ0) is 15.6. The average molecular weight is 371 g/mol. The van der Waals surface area contributed by atoms with E-state index in [0.717, 1.165) is 22.2 Å². The molecule has 0 aliphatic heterocycles. The lowest BCUT2D eigenvalue weighted by Crippen LogP contribution is -2.13. The van der Waals surface area contributed by atoms with E-state index in [1.54, 1.807) is 25.1 Å². The quantitative estimate of drug-likeness (QED) is 0.658. The smallest absolute Gasteiger partial charge is 0.269 e. The molecule has 6 nitrogen and oxygen atoms in total. The fraction of sp³-hybridized carbons (Fsp3) is 0.0769. The lowest BCUT2D eigenvalue weighted by atomic mass is 10.2. The standard InChI is InChI=1S/C13H11BrN2O4S/c1-9-2-3-10(14)8-13(9)15-21(19,20)12-6-4-11(5-7-12)16(17)18/h2-8,15H,1H3. The monoisotopic (exact) mass is 370 g/mol. The second kappa shape index (κ2) is 5.82. The number of hydrogen-bond acceptors (Lipinski definition) is 4. The number of sulfonamides is 1. The first-order valence-electron chi connectivity index (χ1n) is 5.83. The lowest BCUT2D eigenvalue weighted by Gasteiger charge is -2.10. The molecule has 0 amide bonds. The Morgan fingerprint density at radius 2 is 1.76 bits per heavy atom. The predicted octanol–water partition coefficient (Wildman–Crippen LogP) is 3.47. The summed E-state index contributed by atoms with van der Waals surface area (Å²) < 4.78 is 27.7. The number of anilines is 1. The highest BCUT2D eigenvalue weighted by molar-refractivity contribution is 9.10. The zero-order valence-electron chi connectivity index (χ0n) is 10.9. The van der Waals surface area contributed by atoms with Gasteiger partial charge in [-0.2, -0.15) is 0 Å². The normalized spacial score (nSPS) is 11.1. The van der Waals surface area contributed by atoms with Gasteiger partial charge in [-0.15, -0.1) is 0 Å². The molecule has 0 aliphatic carbocycles. The van der Waals surface area contributed by atoms with E-state index >= 15 is 0 Å². The number of hydrogen-bond donors (Lipinski definition) is 1. The molecule has 0 atom stereocenters. The number of nitro groups is 1. The molecule has 0 fully saturated rings. The van der Waals surface area contributed by atoms with Gasteiger partial charge in [0.05, 0.1) is 15.5 Å². The van der Waals surface area contributed by atoms with Crippen LogP contribution in [0.25, 0.3) is 0 Å². The molecule has 1 N–H and O–H groups in total. The van der Waals surface area contributed by atoms with Crippen LogP contribution in [0.4, 0.5) is 11.4 Å². The Morgan fingerprint density at radius 3 is 2.33 bits per heavy atom. The summed E-state index contributed by atoms with van der Waals surface area (Å²) in [6.07, 6.45) is 0. The highest BCUT2D eigenvalue weighted by Crippen LogP contribution is 2.24. The minimum Gasteiger partial charge on any atom is -0.279 e. The number of halogens is 1. The second-order valence-corrected chi connectivity index (χ2v) is 6.91. The molecule has 2 aromatic carbocycles. The number of rotatable bonds is 4. The van der Waals surface area contributed by atoms with Gasteiger partial charge in [0.1, 0.15) is 0 Å². The summed E-state index contributed by atoms with van der Waals surface area (Å²) in [4.78, 5) is 9.95. The van der Waals surface area contributed by atoms with Crippen molar-refractivity contribution >= 4 is 37.3 Å². The molecule has 0 spiro atoms. The van der Waals surface area contributed by atoms with Gasteiger partial charge >= 0.3 is 0 Å². The molecule has 110 valence electrons. The van der Waals surface area contributed by atoms with E-state index in [0.29, 0.717) is 5.69 Å². The third-order valence-electron chi connectivity index (χ3n) is 2.80. The van der Waals surface area contributed by atoms with E-state index in [2.05, 4.69) is 20.7 Å². The van der Waals surface area contributed by atoms with Crippen LogP contribution in [0, 0.1) is 17.0 Å². The van der Waals surface area contributed by atoms with Crippen molar-refractivity contribution in [1.29, 1.82) is 0 Å². The van der Waals surface area contributed by atoms with Crippen LogP contribution in [-0.4, -0.2) is 13.3 Å². The van der Waals surface area contributed by atoms with Crippen LogP contribution in [0.5, 0.6) is 0 Å². The molecule has 0 saturated heterocycles. The van der Waals surface area contributed by atoms with E-state index in [4.69, 9.17) is 0 Å². The first-order chi connectivity index (χ1) is 9.79. The number of non-ortho nitro benzene ring substituents is 1. The van der Waals surface area contributed by atoms with Crippen molar-refractivity contribution in [1.82, 2.24) is 0 Å². The van der Waals surface area contributed by atoms with Gasteiger partial charge in [-0.25, -0.2) is 8.42 Å². The van der Waals surface area contributed by atoms with Crippen LogP contribution in [0.1, 0.15) is 5.56 Å². The van der Waals surface area contributed by atoms with Crippen LogP contribution in [0.15, 0.2) is 51.8 Å². The molecule has 0 aliphatic rings. The Morgan fingerprint density at radius 1 is 1.14 bits per heavy atom. The first kappa shape index (κ1) is 15.5. The lowest BCUT2D eigenvalue weighted by molar-refractivity contribution is -0.384.